The van der Waals surface area contributed by atoms with Crippen molar-refractivity contribution in [2.75, 3.05) is 71.5 Å². The monoisotopic (exact) mass is 966 g/mol. The fourth-order valence-corrected chi connectivity index (χ4v) is 4.23. The zero-order valence-electron chi connectivity index (χ0n) is 38.5. The first-order valence-corrected chi connectivity index (χ1v) is 21.0. The van der Waals surface area contributed by atoms with Gasteiger partial charge in [-0.25, -0.2) is 0 Å². The van der Waals surface area contributed by atoms with Crippen molar-refractivity contribution in [3.63, 3.8) is 0 Å². The van der Waals surface area contributed by atoms with Gasteiger partial charge in [-0.2, -0.15) is 40.5 Å². The summed E-state index contributed by atoms with van der Waals surface area (Å²) in [6.07, 6.45) is 6.32. The zero-order valence-corrected chi connectivity index (χ0v) is 39.3. The molecule has 382 valence electrons. The number of unbranched alkanes of at least 4 members (excludes halogenated alkanes) is 4. The van der Waals surface area contributed by atoms with Crippen molar-refractivity contribution >= 4 is 59.8 Å². The second-order valence-corrected chi connectivity index (χ2v) is 15.6. The number of thioether (sulfide) groups is 1. The highest BCUT2D eigenvalue weighted by Crippen LogP contribution is 2.09. The molecule has 0 aliphatic rings. The van der Waals surface area contributed by atoms with Crippen molar-refractivity contribution in [2.24, 2.45) is 0 Å². The predicted octanol–water partition coefficient (Wildman–Crippen LogP) is -3.00. The summed E-state index contributed by atoms with van der Waals surface area (Å²) < 4.78 is 4.71. The summed E-state index contributed by atoms with van der Waals surface area (Å²) in [6, 6.07) is 0. The molecule has 0 fully saturated rings. The summed E-state index contributed by atoms with van der Waals surface area (Å²) in [5, 5.41) is 89.5. The normalized spacial score (nSPS) is 10.9. The van der Waals surface area contributed by atoms with E-state index in [0.717, 1.165) is 37.2 Å². The van der Waals surface area contributed by atoms with Crippen LogP contribution in [0.15, 0.2) is 0 Å². The fraction of sp³-hybridized carbons (Fsp3) is 0.795. The van der Waals surface area contributed by atoms with Crippen LogP contribution in [0.2, 0.25) is 0 Å². The Balaban J connectivity index is -0.000000132. The SMILES string of the molecule is CC(CO)(CO)NC(=O)CCCCCCCC(=O)O.CCC(=O)NC(C)(O)CO.CCSCCC(=O)NC(C)(CO)CO.COCCC(=O)NC(C)(CO)CO.O=C=O.O=C=O.O=C=O. The lowest BCUT2D eigenvalue weighted by molar-refractivity contribution is -0.193. The highest BCUT2D eigenvalue weighted by Gasteiger charge is 2.26. The van der Waals surface area contributed by atoms with Crippen LogP contribution < -0.4 is 21.3 Å². The molecule has 0 aliphatic heterocycles. The third-order valence-corrected chi connectivity index (χ3v) is 8.36. The van der Waals surface area contributed by atoms with Gasteiger partial charge in [-0.15, -0.1) is 0 Å². The molecular formula is C39H74N4O21S. The number of carbonyl (C=O) groups excluding carboxylic acids is 10. The molecule has 0 aromatic rings. The first kappa shape index (κ1) is 74.8. The van der Waals surface area contributed by atoms with Gasteiger partial charge in [-0.05, 0) is 46.3 Å². The Labute approximate surface area is 383 Å². The number of aliphatic hydroxyl groups is 8. The van der Waals surface area contributed by atoms with E-state index in [1.165, 1.54) is 14.0 Å². The fourth-order valence-electron chi connectivity index (χ4n) is 3.61. The number of aliphatic hydroxyl groups excluding tert-OH is 7. The third-order valence-electron chi connectivity index (χ3n) is 7.46. The lowest BCUT2D eigenvalue weighted by Crippen LogP contribution is -2.51. The topological polar surface area (TPSA) is 427 Å². The van der Waals surface area contributed by atoms with Crippen molar-refractivity contribution in [3.05, 3.63) is 0 Å². The van der Waals surface area contributed by atoms with E-state index in [1.54, 1.807) is 39.5 Å². The minimum absolute atomic E-state index is 0.128. The van der Waals surface area contributed by atoms with E-state index in [9.17, 15) is 24.0 Å². The summed E-state index contributed by atoms with van der Waals surface area (Å²) in [4.78, 5) is 104. The molecule has 4 amide bonds. The Hall–Kier alpha value is -4.52. The Morgan fingerprint density at radius 1 is 0.508 bits per heavy atom. The van der Waals surface area contributed by atoms with Crippen LogP contribution in [-0.4, -0.2) is 188 Å². The number of rotatable bonds is 27. The van der Waals surface area contributed by atoms with Gasteiger partial charge in [-0.1, -0.05) is 33.1 Å². The molecule has 0 rings (SSSR count). The minimum atomic E-state index is -1.48. The zero-order chi connectivity index (χ0) is 52.4. The molecule has 1 unspecified atom stereocenters. The lowest BCUT2D eigenvalue weighted by Gasteiger charge is -2.26. The first-order chi connectivity index (χ1) is 30.3. The Bertz CT molecular complexity index is 1280. The number of methoxy groups -OCH3 is 1. The molecule has 0 saturated carbocycles. The van der Waals surface area contributed by atoms with Crippen LogP contribution in [0.1, 0.15) is 106 Å². The van der Waals surface area contributed by atoms with Gasteiger partial charge < -0.3 is 72.0 Å². The van der Waals surface area contributed by atoms with Crippen LogP contribution in [0.5, 0.6) is 0 Å². The summed E-state index contributed by atoms with van der Waals surface area (Å²) in [7, 11) is 1.50. The van der Waals surface area contributed by atoms with Crippen LogP contribution in [0.25, 0.3) is 0 Å². The summed E-state index contributed by atoms with van der Waals surface area (Å²) >= 11 is 1.69. The second kappa shape index (κ2) is 50.5. The van der Waals surface area contributed by atoms with Crippen LogP contribution in [0, 0.1) is 0 Å². The molecule has 0 aliphatic carbocycles. The molecule has 0 spiro atoms. The van der Waals surface area contributed by atoms with E-state index in [2.05, 4.69) is 21.3 Å². The molecule has 0 saturated heterocycles. The maximum atomic E-state index is 11.5. The van der Waals surface area contributed by atoms with Crippen LogP contribution in [0.4, 0.5) is 0 Å². The van der Waals surface area contributed by atoms with Gasteiger partial charge in [0.2, 0.25) is 23.6 Å². The molecule has 0 bridgehead atoms. The first-order valence-electron chi connectivity index (χ1n) is 19.8. The van der Waals surface area contributed by atoms with Crippen LogP contribution in [0.3, 0.4) is 0 Å². The number of hydrogen-bond acceptors (Lipinski definition) is 21. The maximum absolute atomic E-state index is 11.5. The average Bonchev–Trinajstić information content (AvgIpc) is 3.26. The smallest absolute Gasteiger partial charge is 0.373 e. The Morgan fingerprint density at radius 3 is 1.12 bits per heavy atom. The van der Waals surface area contributed by atoms with E-state index in [0.29, 0.717) is 32.3 Å². The van der Waals surface area contributed by atoms with Gasteiger partial charge in [0, 0.05) is 45.0 Å². The number of carboxylic acid groups (broad SMARTS) is 1. The van der Waals surface area contributed by atoms with Crippen LogP contribution >= 0.6 is 11.8 Å². The quantitative estimate of drug-likeness (QED) is 0.0288. The number of nitrogens with one attached hydrogen (secondary N) is 4. The number of amides is 4. The van der Waals surface area contributed by atoms with Crippen molar-refractivity contribution < 1.29 is 103 Å². The lowest BCUT2D eigenvalue weighted by atomic mass is 10.0. The van der Waals surface area contributed by atoms with Crippen molar-refractivity contribution in [1.82, 2.24) is 21.3 Å². The number of carbonyl (C=O) groups is 5. The third kappa shape index (κ3) is 59.5. The van der Waals surface area contributed by atoms with Gasteiger partial charge in [-0.3, -0.25) is 24.0 Å². The van der Waals surface area contributed by atoms with Gasteiger partial charge in [0.05, 0.1) is 69.5 Å². The van der Waals surface area contributed by atoms with Gasteiger partial charge in [0.1, 0.15) is 0 Å². The molecule has 1 atom stereocenters. The highest BCUT2D eigenvalue weighted by molar-refractivity contribution is 7.99. The minimum Gasteiger partial charge on any atom is -0.481 e. The molecule has 0 aromatic carbocycles. The standard InChI is InChI=1S/C13H25NO5.C9H19NO3S.C8H17NO4.C6H13NO3.3CO2/c1-13(9-15,10-16)14-11(17)7-5-3-2-4-6-8-12(18)19;1-3-14-5-4-8(13)10-9(2,6-11)7-12;1-8(5-10,6-11)9-7(12)3-4-13-2;1-3-5(9)7-6(2,10)4-8;3*2-1-3/h15-16H,2-10H2,1H3,(H,14,17)(H,18,19);11-12H,3-7H2,1-2H3,(H,10,13);10-11H,3-6H2,1-2H3,(H,9,12);8,10H,3-4H2,1-2H3,(H,7,9);;;. The van der Waals surface area contributed by atoms with E-state index in [1.807, 2.05) is 6.92 Å². The number of carboxylic acids is 1. The van der Waals surface area contributed by atoms with Gasteiger partial charge >= 0.3 is 24.4 Å². The molecule has 0 aromatic heterocycles. The number of aliphatic carboxylic acids is 1. The number of hydrogen-bond donors (Lipinski definition) is 13. The maximum Gasteiger partial charge on any atom is 0.373 e. The summed E-state index contributed by atoms with van der Waals surface area (Å²) in [6.45, 7) is 7.97. The van der Waals surface area contributed by atoms with Crippen molar-refractivity contribution in [3.8, 4) is 0 Å². The van der Waals surface area contributed by atoms with Crippen LogP contribution in [-0.2, 0) is 57.5 Å². The molecule has 13 N–H and O–H groups in total. The molecule has 0 heterocycles. The van der Waals surface area contributed by atoms with Crippen molar-refractivity contribution in [2.45, 2.75) is 128 Å². The summed E-state index contributed by atoms with van der Waals surface area (Å²) in [5.74, 6) is 0.158. The highest BCUT2D eigenvalue weighted by atomic mass is 32.2. The molecule has 25 nitrogen and oxygen atoms in total. The Morgan fingerprint density at radius 2 is 0.831 bits per heavy atom. The largest absolute Gasteiger partial charge is 0.481 e. The average molecular weight is 967 g/mol. The van der Waals surface area contributed by atoms with E-state index in [4.69, 9.17) is 79.5 Å². The molecule has 65 heavy (non-hydrogen) atoms. The number of ether oxygens (including phenoxy) is 1. The van der Waals surface area contributed by atoms with Gasteiger partial charge in [0.25, 0.3) is 0 Å². The molecule has 26 heteroatoms. The second-order valence-electron chi connectivity index (χ2n) is 14.2. The molecule has 0 radical (unpaired) electrons. The van der Waals surface area contributed by atoms with E-state index < -0.39 is 34.9 Å². The van der Waals surface area contributed by atoms with Gasteiger partial charge in [0.15, 0.2) is 5.72 Å². The Kier molecular flexibility index (Phi) is 58.1. The van der Waals surface area contributed by atoms with Crippen molar-refractivity contribution in [1.29, 1.82) is 0 Å². The van der Waals surface area contributed by atoms with E-state index >= 15 is 0 Å². The predicted molar refractivity (Wildman–Crippen MR) is 227 cm³/mol. The van der Waals surface area contributed by atoms with E-state index in [-0.39, 0.29) is 94.6 Å². The molecular weight excluding hydrogens is 893 g/mol. The summed E-state index contributed by atoms with van der Waals surface area (Å²) in [5.41, 5.74) is -4.27.